The van der Waals surface area contributed by atoms with Gasteiger partial charge >= 0.3 is 7.25 Å². The van der Waals surface area contributed by atoms with Crippen molar-refractivity contribution in [2.24, 2.45) is 0 Å². The van der Waals surface area contributed by atoms with Crippen molar-refractivity contribution in [2.75, 3.05) is 5.23 Å². The van der Waals surface area contributed by atoms with Gasteiger partial charge in [0, 0.05) is 5.69 Å². The van der Waals surface area contributed by atoms with Gasteiger partial charge in [-0.1, -0.05) is 36.4 Å². The molecule has 17 heavy (non-hydrogen) atoms. The number of fused-ring (bicyclic) bond motifs is 1. The van der Waals surface area contributed by atoms with Gasteiger partial charge < -0.3 is 14.5 Å². The zero-order valence-corrected chi connectivity index (χ0v) is 9.30. The lowest BCUT2D eigenvalue weighted by Gasteiger charge is -2.23. The van der Waals surface area contributed by atoms with Crippen molar-refractivity contribution in [3.63, 3.8) is 0 Å². The second kappa shape index (κ2) is 4.51. The van der Waals surface area contributed by atoms with Crippen molar-refractivity contribution >= 4 is 12.9 Å². The third-order valence-corrected chi connectivity index (χ3v) is 2.67. The maximum absolute atomic E-state index is 5.68. The van der Waals surface area contributed by atoms with Gasteiger partial charge in [-0.3, -0.25) is 0 Å². The van der Waals surface area contributed by atoms with Gasteiger partial charge in [-0.2, -0.15) is 0 Å². The molecule has 0 fully saturated rings. The summed E-state index contributed by atoms with van der Waals surface area (Å²) in [6.07, 6.45) is 0. The van der Waals surface area contributed by atoms with Gasteiger partial charge in [-0.15, -0.1) is 0 Å². The molecule has 0 aliphatic carbocycles. The molecule has 0 unspecified atom stereocenters. The topological polar surface area (TPSA) is 30.5 Å². The largest absolute Gasteiger partial charge is 0.662 e. The summed E-state index contributed by atoms with van der Waals surface area (Å²) in [4.78, 5) is 0. The Hall–Kier alpha value is -1.94. The summed E-state index contributed by atoms with van der Waals surface area (Å²) in [7, 11) is -0.424. The minimum absolute atomic E-state index is 0.424. The molecule has 2 aromatic rings. The second-order valence-electron chi connectivity index (χ2n) is 3.88. The highest BCUT2D eigenvalue weighted by molar-refractivity contribution is 6.50. The van der Waals surface area contributed by atoms with Crippen LogP contribution in [-0.2, 0) is 11.3 Å². The first-order valence-corrected chi connectivity index (χ1v) is 5.59. The van der Waals surface area contributed by atoms with Crippen molar-refractivity contribution in [1.82, 2.24) is 0 Å². The van der Waals surface area contributed by atoms with Crippen LogP contribution in [0, 0.1) is 0 Å². The molecule has 1 heterocycles. The Kier molecular flexibility index (Phi) is 2.72. The van der Waals surface area contributed by atoms with E-state index in [9.17, 15) is 0 Å². The molecule has 0 saturated carbocycles. The van der Waals surface area contributed by atoms with E-state index in [1.165, 1.54) is 0 Å². The van der Waals surface area contributed by atoms with Gasteiger partial charge in [0.2, 0.25) is 0 Å². The van der Waals surface area contributed by atoms with E-state index >= 15 is 0 Å². The average molecular weight is 225 g/mol. The monoisotopic (exact) mass is 225 g/mol. The van der Waals surface area contributed by atoms with Crippen LogP contribution >= 0.6 is 0 Å². The summed E-state index contributed by atoms with van der Waals surface area (Å²) in [5, 5.41) is 3.20. The summed E-state index contributed by atoms with van der Waals surface area (Å²) in [6, 6.07) is 17.7. The summed E-state index contributed by atoms with van der Waals surface area (Å²) in [5.41, 5.74) is 2.22. The molecule has 1 N–H and O–H groups in total. The lowest BCUT2D eigenvalue weighted by Crippen LogP contribution is -2.38. The van der Waals surface area contributed by atoms with Crippen LogP contribution in [0.3, 0.4) is 0 Å². The molecule has 0 spiro atoms. The van der Waals surface area contributed by atoms with Crippen LogP contribution in [0.1, 0.15) is 5.56 Å². The Morgan fingerprint density at radius 3 is 2.65 bits per heavy atom. The smallest absolute Gasteiger partial charge is 0.518 e. The molecular formula is C13H12BNO2. The van der Waals surface area contributed by atoms with Crippen LogP contribution in [0.15, 0.2) is 54.6 Å². The zero-order valence-electron chi connectivity index (χ0n) is 9.30. The highest BCUT2D eigenvalue weighted by Crippen LogP contribution is 2.22. The predicted octanol–water partition coefficient (Wildman–Crippen LogP) is 2.69. The first-order valence-electron chi connectivity index (χ1n) is 5.59. The lowest BCUT2D eigenvalue weighted by atomic mass is 10.0. The molecule has 0 amide bonds. The summed E-state index contributed by atoms with van der Waals surface area (Å²) in [5.74, 6) is 0.796. The molecule has 2 aromatic carbocycles. The molecule has 84 valence electrons. The van der Waals surface area contributed by atoms with Crippen LogP contribution in [0.25, 0.3) is 0 Å². The van der Waals surface area contributed by atoms with E-state index in [1.54, 1.807) is 0 Å². The standard InChI is InChI=1S/C13H12BNO2/c1-2-7-12(8-3-1)17-14-15-13-9-5-4-6-11(13)10-16-14/h1-9,15H,10H2. The average Bonchev–Trinajstić information content (AvgIpc) is 2.40. The van der Waals surface area contributed by atoms with Crippen molar-refractivity contribution in [3.05, 3.63) is 60.2 Å². The molecule has 1 aliphatic rings. The number of para-hydroxylation sites is 2. The van der Waals surface area contributed by atoms with E-state index < -0.39 is 7.25 Å². The molecule has 0 aromatic heterocycles. The van der Waals surface area contributed by atoms with Crippen LogP contribution in [-0.4, -0.2) is 7.25 Å². The maximum atomic E-state index is 5.68. The fourth-order valence-electron chi connectivity index (χ4n) is 1.81. The Labute approximate surface area is 101 Å². The molecular weight excluding hydrogens is 213 g/mol. The summed E-state index contributed by atoms with van der Waals surface area (Å²) < 4.78 is 11.3. The van der Waals surface area contributed by atoms with Crippen molar-refractivity contribution < 1.29 is 9.31 Å². The number of nitrogens with one attached hydrogen (secondary N) is 1. The van der Waals surface area contributed by atoms with Gasteiger partial charge in [0.1, 0.15) is 5.75 Å². The van der Waals surface area contributed by atoms with Gasteiger partial charge in [0.15, 0.2) is 0 Å². The summed E-state index contributed by atoms with van der Waals surface area (Å²) in [6.45, 7) is 0.570. The highest BCUT2D eigenvalue weighted by Gasteiger charge is 2.27. The molecule has 0 atom stereocenters. The van der Waals surface area contributed by atoms with Gasteiger partial charge in [0.05, 0.1) is 6.61 Å². The SMILES string of the molecule is c1ccc(OB2Nc3ccccc3CO2)cc1. The zero-order chi connectivity index (χ0) is 11.5. The van der Waals surface area contributed by atoms with E-state index in [4.69, 9.17) is 9.31 Å². The first kappa shape index (κ1) is 10.2. The number of benzene rings is 2. The predicted molar refractivity (Wildman–Crippen MR) is 67.7 cm³/mol. The molecule has 0 saturated heterocycles. The van der Waals surface area contributed by atoms with E-state index in [-0.39, 0.29) is 0 Å². The van der Waals surface area contributed by atoms with Crippen molar-refractivity contribution in [2.45, 2.75) is 6.61 Å². The lowest BCUT2D eigenvalue weighted by molar-refractivity contribution is 0.254. The van der Waals surface area contributed by atoms with Crippen molar-refractivity contribution in [1.29, 1.82) is 0 Å². The number of anilines is 1. The third kappa shape index (κ3) is 2.26. The molecule has 3 nitrogen and oxygen atoms in total. The quantitative estimate of drug-likeness (QED) is 0.797. The minimum Gasteiger partial charge on any atom is -0.518 e. The van der Waals surface area contributed by atoms with E-state index in [1.807, 2.05) is 54.6 Å². The van der Waals surface area contributed by atoms with E-state index in [0.29, 0.717) is 6.61 Å². The van der Waals surface area contributed by atoms with Gasteiger partial charge in [-0.25, -0.2) is 0 Å². The fourth-order valence-corrected chi connectivity index (χ4v) is 1.81. The van der Waals surface area contributed by atoms with Crippen LogP contribution in [0.2, 0.25) is 0 Å². The van der Waals surface area contributed by atoms with Crippen LogP contribution < -0.4 is 9.88 Å². The summed E-state index contributed by atoms with van der Waals surface area (Å²) >= 11 is 0. The maximum Gasteiger partial charge on any atom is 0.662 e. The Bertz CT molecular complexity index is 504. The Morgan fingerprint density at radius 1 is 1.00 bits per heavy atom. The number of hydrogen-bond acceptors (Lipinski definition) is 3. The third-order valence-electron chi connectivity index (χ3n) is 2.67. The first-order chi connectivity index (χ1) is 8.42. The Balaban J connectivity index is 1.72. The second-order valence-corrected chi connectivity index (χ2v) is 3.88. The van der Waals surface area contributed by atoms with Crippen molar-refractivity contribution in [3.8, 4) is 5.75 Å². The fraction of sp³-hybridized carbons (Fsp3) is 0.0769. The molecule has 4 heteroatoms. The molecule has 0 radical (unpaired) electrons. The van der Waals surface area contributed by atoms with E-state index in [0.717, 1.165) is 17.0 Å². The molecule has 1 aliphatic heterocycles. The minimum atomic E-state index is -0.424. The normalized spacial score (nSPS) is 13.8. The van der Waals surface area contributed by atoms with Crippen LogP contribution in [0.4, 0.5) is 5.69 Å². The molecule has 0 bridgehead atoms. The number of hydrogen-bond donors (Lipinski definition) is 1. The molecule has 3 rings (SSSR count). The van der Waals surface area contributed by atoms with Gasteiger partial charge in [-0.05, 0) is 23.8 Å². The van der Waals surface area contributed by atoms with E-state index in [2.05, 4.69) is 5.23 Å². The number of rotatable bonds is 2. The Morgan fingerprint density at radius 2 is 1.76 bits per heavy atom. The van der Waals surface area contributed by atoms with Crippen LogP contribution in [0.5, 0.6) is 5.75 Å². The highest BCUT2D eigenvalue weighted by atomic mass is 16.6. The van der Waals surface area contributed by atoms with Gasteiger partial charge in [0.25, 0.3) is 0 Å².